The van der Waals surface area contributed by atoms with Crippen LogP contribution in [0.1, 0.15) is 51.4 Å². The molecular formula is C24H32N4O6S. The summed E-state index contributed by atoms with van der Waals surface area (Å²) in [5, 5.41) is 34.0. The molecular weight excluding hydrogens is 472 g/mol. The molecule has 0 spiro atoms. The van der Waals surface area contributed by atoms with Crippen molar-refractivity contribution in [3.05, 3.63) is 41.0 Å². The number of benzene rings is 1. The third-order valence-electron chi connectivity index (χ3n) is 6.07. The van der Waals surface area contributed by atoms with E-state index in [4.69, 9.17) is 0 Å². The zero-order chi connectivity index (χ0) is 25.9. The monoisotopic (exact) mass is 504 g/mol. The van der Waals surface area contributed by atoms with Crippen LogP contribution in [0.2, 0.25) is 0 Å². The van der Waals surface area contributed by atoms with Crippen LogP contribution in [-0.4, -0.2) is 67.8 Å². The Kier molecular flexibility index (Phi) is 8.14. The molecule has 10 nitrogen and oxygen atoms in total. The molecule has 0 aliphatic carbocycles. The summed E-state index contributed by atoms with van der Waals surface area (Å²) in [6, 6.07) is 5.18. The number of rotatable bonds is 7. The Morgan fingerprint density at radius 2 is 1.86 bits per heavy atom. The molecule has 35 heavy (non-hydrogen) atoms. The van der Waals surface area contributed by atoms with Crippen molar-refractivity contribution in [2.24, 2.45) is 5.41 Å². The van der Waals surface area contributed by atoms with Gasteiger partial charge >= 0.3 is 6.09 Å². The quantitative estimate of drug-likeness (QED) is 0.387. The number of aromatic nitrogens is 1. The predicted octanol–water partition coefficient (Wildman–Crippen LogP) is 2.12. The zero-order valence-electron chi connectivity index (χ0n) is 20.2. The molecule has 5 N–H and O–H groups in total. The molecule has 0 bridgehead atoms. The highest BCUT2D eigenvalue weighted by Gasteiger charge is 2.44. The number of carboxylic acid groups (broad SMARTS) is 1. The molecule has 1 aromatic carbocycles. The molecule has 11 heteroatoms. The number of hydrogen-bond donors (Lipinski definition) is 5. The summed E-state index contributed by atoms with van der Waals surface area (Å²) in [5.74, 6) is -0.961. The van der Waals surface area contributed by atoms with E-state index in [0.717, 1.165) is 16.0 Å². The SMILES string of the molecule is C[C@H](NC(=O)[C@@H]1C[C@@H](O)CN1C(=O)C(NC(=O)O)C(C)(C)C)c1ccc(-c2scnc2CO)cc1. The zero-order valence-corrected chi connectivity index (χ0v) is 21.0. The van der Waals surface area contributed by atoms with Crippen LogP contribution >= 0.6 is 11.3 Å². The molecule has 190 valence electrons. The molecule has 2 aromatic rings. The molecule has 3 rings (SSSR count). The molecule has 1 aliphatic rings. The first-order valence-electron chi connectivity index (χ1n) is 11.3. The van der Waals surface area contributed by atoms with E-state index in [0.29, 0.717) is 5.69 Å². The van der Waals surface area contributed by atoms with E-state index >= 15 is 0 Å². The van der Waals surface area contributed by atoms with Gasteiger partial charge in [0.2, 0.25) is 11.8 Å². The van der Waals surface area contributed by atoms with Gasteiger partial charge in [-0.2, -0.15) is 0 Å². The number of nitrogens with zero attached hydrogens (tertiary/aromatic N) is 2. The first-order valence-corrected chi connectivity index (χ1v) is 12.2. The van der Waals surface area contributed by atoms with Crippen LogP contribution in [-0.2, 0) is 16.2 Å². The number of likely N-dealkylation sites (tertiary alicyclic amines) is 1. The Bertz CT molecular complexity index is 1060. The Balaban J connectivity index is 1.72. The first-order chi connectivity index (χ1) is 16.4. The second kappa shape index (κ2) is 10.7. The summed E-state index contributed by atoms with van der Waals surface area (Å²) in [4.78, 5) is 43.9. The lowest BCUT2D eigenvalue weighted by atomic mass is 9.85. The first kappa shape index (κ1) is 26.6. The maximum Gasteiger partial charge on any atom is 0.405 e. The summed E-state index contributed by atoms with van der Waals surface area (Å²) >= 11 is 1.44. The summed E-state index contributed by atoms with van der Waals surface area (Å²) in [7, 11) is 0. The van der Waals surface area contributed by atoms with Gasteiger partial charge in [0.15, 0.2) is 0 Å². The summed E-state index contributed by atoms with van der Waals surface area (Å²) in [6.45, 7) is 6.82. The van der Waals surface area contributed by atoms with E-state index in [2.05, 4.69) is 15.6 Å². The van der Waals surface area contributed by atoms with Crippen LogP contribution in [0.25, 0.3) is 10.4 Å². The van der Waals surface area contributed by atoms with Crippen molar-refractivity contribution in [3.63, 3.8) is 0 Å². The van der Waals surface area contributed by atoms with Gasteiger partial charge in [-0.15, -0.1) is 11.3 Å². The third-order valence-corrected chi connectivity index (χ3v) is 6.99. The maximum absolute atomic E-state index is 13.2. The summed E-state index contributed by atoms with van der Waals surface area (Å²) < 4.78 is 0. The van der Waals surface area contributed by atoms with Crippen LogP contribution in [0.15, 0.2) is 29.8 Å². The fourth-order valence-electron chi connectivity index (χ4n) is 4.18. The Morgan fingerprint density at radius 3 is 2.43 bits per heavy atom. The normalized spacial score (nSPS) is 19.8. The number of carbonyl (C=O) groups is 3. The number of carbonyl (C=O) groups excluding carboxylic acids is 2. The average molecular weight is 505 g/mol. The van der Waals surface area contributed by atoms with Gasteiger partial charge in [-0.1, -0.05) is 45.0 Å². The Hall–Kier alpha value is -3.02. The lowest BCUT2D eigenvalue weighted by Crippen LogP contribution is -2.57. The Morgan fingerprint density at radius 1 is 1.20 bits per heavy atom. The number of nitrogens with one attached hydrogen (secondary N) is 2. The highest BCUT2D eigenvalue weighted by atomic mass is 32.1. The minimum Gasteiger partial charge on any atom is -0.465 e. The third kappa shape index (κ3) is 6.16. The molecule has 0 radical (unpaired) electrons. The maximum atomic E-state index is 13.2. The van der Waals surface area contributed by atoms with E-state index in [-0.39, 0.29) is 25.6 Å². The second-order valence-corrected chi connectivity index (χ2v) is 10.6. The number of aliphatic hydroxyl groups is 2. The Labute approximate surface area is 208 Å². The van der Waals surface area contributed by atoms with Crippen LogP contribution in [0.5, 0.6) is 0 Å². The molecule has 1 unspecified atom stereocenters. The molecule has 1 fully saturated rings. The lowest BCUT2D eigenvalue weighted by molar-refractivity contribution is -0.142. The molecule has 0 saturated carbocycles. The van der Waals surface area contributed by atoms with Crippen molar-refractivity contribution < 1.29 is 29.7 Å². The van der Waals surface area contributed by atoms with Gasteiger partial charge < -0.3 is 30.9 Å². The molecule has 1 saturated heterocycles. The van der Waals surface area contributed by atoms with Crippen LogP contribution in [0.3, 0.4) is 0 Å². The van der Waals surface area contributed by atoms with Crippen molar-refractivity contribution >= 4 is 29.2 Å². The standard InChI is InChI=1S/C24H32N4O6S/c1-13(14-5-7-15(8-6-14)19-17(11-29)25-12-35-19)26-21(31)18-9-16(30)10-28(18)22(32)20(24(2,3)4)27-23(33)34/h5-8,12-13,16,18,20,27,29-30H,9-11H2,1-4H3,(H,26,31)(H,33,34)/t13-,16+,18-,20?/m0/s1. The van der Waals surface area contributed by atoms with Crippen molar-refractivity contribution in [3.8, 4) is 10.4 Å². The molecule has 4 atom stereocenters. The van der Waals surface area contributed by atoms with E-state index in [1.54, 1.807) is 26.3 Å². The van der Waals surface area contributed by atoms with E-state index in [9.17, 15) is 29.7 Å². The highest BCUT2D eigenvalue weighted by molar-refractivity contribution is 7.13. The predicted molar refractivity (Wildman–Crippen MR) is 131 cm³/mol. The van der Waals surface area contributed by atoms with Gasteiger partial charge in [0.05, 0.1) is 34.8 Å². The van der Waals surface area contributed by atoms with Crippen LogP contribution in [0, 0.1) is 5.41 Å². The number of aliphatic hydroxyl groups excluding tert-OH is 2. The van der Waals surface area contributed by atoms with Gasteiger partial charge in [-0.25, -0.2) is 9.78 Å². The topological polar surface area (TPSA) is 152 Å². The van der Waals surface area contributed by atoms with Crippen molar-refractivity contribution in [1.82, 2.24) is 20.5 Å². The lowest BCUT2D eigenvalue weighted by Gasteiger charge is -2.34. The van der Waals surface area contributed by atoms with E-state index in [1.165, 1.54) is 16.2 Å². The molecule has 3 amide bonds. The molecule has 1 aromatic heterocycles. The average Bonchev–Trinajstić information content (AvgIpc) is 3.42. The number of β-amino-alcohol motifs (C(OH)–C–C–N with tert-alkyl or cyclic N) is 1. The van der Waals surface area contributed by atoms with Crippen LogP contribution < -0.4 is 10.6 Å². The fourth-order valence-corrected chi connectivity index (χ4v) is 4.99. The van der Waals surface area contributed by atoms with Gasteiger partial charge in [0.25, 0.3) is 0 Å². The van der Waals surface area contributed by atoms with Crippen molar-refractivity contribution in [2.75, 3.05) is 6.54 Å². The molecule has 2 heterocycles. The largest absolute Gasteiger partial charge is 0.465 e. The highest BCUT2D eigenvalue weighted by Crippen LogP contribution is 2.30. The smallest absolute Gasteiger partial charge is 0.405 e. The minimum atomic E-state index is -1.33. The van der Waals surface area contributed by atoms with Gasteiger partial charge in [0.1, 0.15) is 12.1 Å². The van der Waals surface area contributed by atoms with Gasteiger partial charge in [-0.3, -0.25) is 9.59 Å². The number of thiazole rings is 1. The van der Waals surface area contributed by atoms with E-state index in [1.807, 2.05) is 31.2 Å². The second-order valence-electron chi connectivity index (χ2n) is 9.78. The number of hydrogen-bond acceptors (Lipinski definition) is 7. The summed E-state index contributed by atoms with van der Waals surface area (Å²) in [5.41, 5.74) is 3.31. The number of amides is 3. The fraction of sp³-hybridized carbons (Fsp3) is 0.500. The summed E-state index contributed by atoms with van der Waals surface area (Å²) in [6.07, 6.45) is -2.14. The van der Waals surface area contributed by atoms with Crippen LogP contribution in [0.4, 0.5) is 4.79 Å². The minimum absolute atomic E-state index is 0.0457. The van der Waals surface area contributed by atoms with Gasteiger partial charge in [-0.05, 0) is 23.5 Å². The molecule has 1 aliphatic heterocycles. The van der Waals surface area contributed by atoms with Crippen molar-refractivity contribution in [2.45, 2.75) is 65.0 Å². The van der Waals surface area contributed by atoms with E-state index < -0.39 is 41.5 Å². The van der Waals surface area contributed by atoms with Crippen molar-refractivity contribution in [1.29, 1.82) is 0 Å². The van der Waals surface area contributed by atoms with Gasteiger partial charge in [0, 0.05) is 13.0 Å².